The monoisotopic (exact) mass is 454 g/mol. The maximum atomic E-state index is 12.8. The number of rotatable bonds is 6. The summed E-state index contributed by atoms with van der Waals surface area (Å²) in [4.78, 5) is 35.2. The van der Waals surface area contributed by atoms with Crippen molar-refractivity contribution in [2.24, 2.45) is 5.41 Å². The molecule has 4 heterocycles. The van der Waals surface area contributed by atoms with E-state index in [1.54, 1.807) is 31.4 Å². The van der Waals surface area contributed by atoms with Crippen molar-refractivity contribution in [1.82, 2.24) is 29.9 Å². The summed E-state index contributed by atoms with van der Waals surface area (Å²) in [5.74, 6) is 1.60. The molecule has 0 N–H and O–H groups in total. The lowest BCUT2D eigenvalue weighted by Gasteiger charge is -2.39. The molecule has 0 saturated carbocycles. The first-order chi connectivity index (χ1) is 15.8. The number of piperidine rings is 1. The van der Waals surface area contributed by atoms with Gasteiger partial charge in [0.05, 0.1) is 19.0 Å². The fourth-order valence-electron chi connectivity index (χ4n) is 4.86. The summed E-state index contributed by atoms with van der Waals surface area (Å²) in [6.45, 7) is 6.63. The zero-order valence-electron chi connectivity index (χ0n) is 20.0. The smallest absolute Gasteiger partial charge is 0.236 e. The molecule has 33 heavy (non-hydrogen) atoms. The molecule has 1 spiro atoms. The van der Waals surface area contributed by atoms with Crippen LogP contribution in [0, 0.1) is 5.41 Å². The lowest BCUT2D eigenvalue weighted by molar-refractivity contribution is -0.132. The average Bonchev–Trinajstić information content (AvgIpc) is 3.40. The van der Waals surface area contributed by atoms with Gasteiger partial charge >= 0.3 is 0 Å². The molecule has 2 aliphatic heterocycles. The maximum Gasteiger partial charge on any atom is 0.236 e. The van der Waals surface area contributed by atoms with E-state index >= 15 is 0 Å². The second-order valence-corrected chi connectivity index (χ2v) is 9.96. The van der Waals surface area contributed by atoms with Crippen LogP contribution < -0.4 is 0 Å². The predicted molar refractivity (Wildman–Crippen MR) is 122 cm³/mol. The van der Waals surface area contributed by atoms with Gasteiger partial charge in [-0.1, -0.05) is 13.8 Å². The van der Waals surface area contributed by atoms with E-state index in [0.717, 1.165) is 44.5 Å². The minimum absolute atomic E-state index is 0.0389. The number of likely N-dealkylation sites (tertiary alicyclic amines) is 2. The van der Waals surface area contributed by atoms with Crippen LogP contribution in [0.5, 0.6) is 0 Å². The van der Waals surface area contributed by atoms with Gasteiger partial charge in [0.15, 0.2) is 0 Å². The van der Waals surface area contributed by atoms with Gasteiger partial charge in [-0.2, -0.15) is 0 Å². The van der Waals surface area contributed by atoms with Crippen molar-refractivity contribution in [3.8, 4) is 0 Å². The molecular weight excluding hydrogens is 420 g/mol. The molecular formula is C24H34N6O3. The molecule has 0 aromatic carbocycles. The van der Waals surface area contributed by atoms with Gasteiger partial charge in [0.25, 0.3) is 0 Å². The van der Waals surface area contributed by atoms with Crippen LogP contribution in [0.3, 0.4) is 0 Å². The first-order valence-corrected chi connectivity index (χ1v) is 11.7. The molecule has 2 amide bonds. The van der Waals surface area contributed by atoms with E-state index in [0.29, 0.717) is 24.7 Å². The summed E-state index contributed by atoms with van der Waals surface area (Å²) in [5.41, 5.74) is 1.03. The van der Waals surface area contributed by atoms with E-state index in [9.17, 15) is 9.59 Å². The second-order valence-electron chi connectivity index (χ2n) is 9.96. The van der Waals surface area contributed by atoms with Crippen LogP contribution in [-0.4, -0.2) is 82.0 Å². The molecule has 1 unspecified atom stereocenters. The summed E-state index contributed by atoms with van der Waals surface area (Å²) in [6.07, 6.45) is 6.52. The standard InChI is InChI=1S/C24H34N6O3/c1-17(2)22-26-27-23(33-22)19-14-24(16-30(19)15-21(32)28(3)4)7-11-29(12-8-24)20(31)13-18-5-9-25-10-6-18/h5-6,9-10,17,19H,7-8,11-16H2,1-4H3. The molecule has 9 heteroatoms. The minimum Gasteiger partial charge on any atom is -0.423 e. The molecule has 4 rings (SSSR count). The fourth-order valence-corrected chi connectivity index (χ4v) is 4.86. The third kappa shape index (κ3) is 5.24. The van der Waals surface area contributed by atoms with Crippen LogP contribution in [0.1, 0.15) is 62.4 Å². The van der Waals surface area contributed by atoms with Gasteiger partial charge in [0, 0.05) is 52.0 Å². The van der Waals surface area contributed by atoms with Crippen molar-refractivity contribution in [3.05, 3.63) is 41.9 Å². The number of carbonyl (C=O) groups is 2. The lowest BCUT2D eigenvalue weighted by Crippen LogP contribution is -2.45. The van der Waals surface area contributed by atoms with Crippen molar-refractivity contribution in [2.75, 3.05) is 40.3 Å². The molecule has 1 atom stereocenters. The number of pyridine rings is 1. The molecule has 0 bridgehead atoms. The number of nitrogens with zero attached hydrogens (tertiary/aromatic N) is 6. The lowest BCUT2D eigenvalue weighted by atomic mass is 9.76. The van der Waals surface area contributed by atoms with Crippen LogP contribution in [0.4, 0.5) is 0 Å². The van der Waals surface area contributed by atoms with Crippen molar-refractivity contribution in [2.45, 2.75) is 51.5 Å². The topological polar surface area (TPSA) is 95.7 Å². The molecule has 2 saturated heterocycles. The first kappa shape index (κ1) is 23.4. The summed E-state index contributed by atoms with van der Waals surface area (Å²) < 4.78 is 6.00. The Morgan fingerprint density at radius 3 is 2.48 bits per heavy atom. The highest BCUT2D eigenvalue weighted by atomic mass is 16.4. The van der Waals surface area contributed by atoms with Gasteiger partial charge in [0.2, 0.25) is 23.6 Å². The number of aromatic nitrogens is 3. The molecule has 9 nitrogen and oxygen atoms in total. The summed E-state index contributed by atoms with van der Waals surface area (Å²) in [6, 6.07) is 3.70. The van der Waals surface area contributed by atoms with Gasteiger partial charge < -0.3 is 14.2 Å². The molecule has 0 aliphatic carbocycles. The number of hydrogen-bond acceptors (Lipinski definition) is 7. The van der Waals surface area contributed by atoms with E-state index in [4.69, 9.17) is 4.42 Å². The quantitative estimate of drug-likeness (QED) is 0.661. The van der Waals surface area contributed by atoms with Crippen LogP contribution in [0.2, 0.25) is 0 Å². The van der Waals surface area contributed by atoms with Gasteiger partial charge in [-0.3, -0.25) is 19.5 Å². The van der Waals surface area contributed by atoms with Gasteiger partial charge in [0.1, 0.15) is 0 Å². The third-order valence-corrected chi connectivity index (χ3v) is 6.96. The zero-order valence-corrected chi connectivity index (χ0v) is 20.0. The molecule has 2 aliphatic rings. The van der Waals surface area contributed by atoms with Crippen molar-refractivity contribution in [1.29, 1.82) is 0 Å². The normalized spacial score (nSPS) is 20.5. The highest BCUT2D eigenvalue weighted by Gasteiger charge is 2.48. The van der Waals surface area contributed by atoms with Gasteiger partial charge in [-0.25, -0.2) is 0 Å². The van der Waals surface area contributed by atoms with Crippen molar-refractivity contribution in [3.63, 3.8) is 0 Å². The van der Waals surface area contributed by atoms with Crippen LogP contribution in [0.15, 0.2) is 28.9 Å². The van der Waals surface area contributed by atoms with Crippen molar-refractivity contribution >= 4 is 11.8 Å². The van der Waals surface area contributed by atoms with E-state index in [1.807, 2.05) is 30.9 Å². The van der Waals surface area contributed by atoms with Crippen LogP contribution >= 0.6 is 0 Å². The Morgan fingerprint density at radius 1 is 1.18 bits per heavy atom. The highest BCUT2D eigenvalue weighted by molar-refractivity contribution is 5.79. The second kappa shape index (κ2) is 9.59. The maximum absolute atomic E-state index is 12.8. The largest absolute Gasteiger partial charge is 0.423 e. The number of hydrogen-bond donors (Lipinski definition) is 0. The Balaban J connectivity index is 1.45. The zero-order chi connectivity index (χ0) is 23.6. The number of likely N-dealkylation sites (N-methyl/N-ethyl adjacent to an activating group) is 1. The van der Waals surface area contributed by atoms with E-state index in [1.165, 1.54) is 0 Å². The molecule has 178 valence electrons. The average molecular weight is 455 g/mol. The minimum atomic E-state index is -0.0760. The Hall–Kier alpha value is -2.81. The number of amides is 2. The van der Waals surface area contributed by atoms with E-state index < -0.39 is 0 Å². The fraction of sp³-hybridized carbons (Fsp3) is 0.625. The Kier molecular flexibility index (Phi) is 6.78. The van der Waals surface area contributed by atoms with Crippen molar-refractivity contribution < 1.29 is 14.0 Å². The molecule has 0 radical (unpaired) electrons. The SMILES string of the molecule is CC(C)c1nnc(C2CC3(CCN(C(=O)Cc4ccncc4)CC3)CN2CC(=O)N(C)C)o1. The molecule has 2 aromatic rings. The van der Waals surface area contributed by atoms with E-state index in [2.05, 4.69) is 20.1 Å². The molecule has 2 aromatic heterocycles. The van der Waals surface area contributed by atoms with E-state index in [-0.39, 0.29) is 29.2 Å². The highest BCUT2D eigenvalue weighted by Crippen LogP contribution is 2.48. The third-order valence-electron chi connectivity index (χ3n) is 6.96. The van der Waals surface area contributed by atoms with Crippen LogP contribution in [0.25, 0.3) is 0 Å². The summed E-state index contributed by atoms with van der Waals surface area (Å²) in [7, 11) is 3.55. The van der Waals surface area contributed by atoms with Crippen LogP contribution in [-0.2, 0) is 16.0 Å². The Bertz CT molecular complexity index is 966. The predicted octanol–water partition coefficient (Wildman–Crippen LogP) is 2.27. The Labute approximate surface area is 195 Å². The van der Waals surface area contributed by atoms with Gasteiger partial charge in [-0.15, -0.1) is 10.2 Å². The van der Waals surface area contributed by atoms with Gasteiger partial charge in [-0.05, 0) is 42.4 Å². The summed E-state index contributed by atoms with van der Waals surface area (Å²) >= 11 is 0. The summed E-state index contributed by atoms with van der Waals surface area (Å²) in [5, 5.41) is 8.56. The Morgan fingerprint density at radius 2 is 1.88 bits per heavy atom. The first-order valence-electron chi connectivity index (χ1n) is 11.7. The molecule has 2 fully saturated rings. The number of carbonyl (C=O) groups excluding carboxylic acids is 2.